The van der Waals surface area contributed by atoms with Crippen molar-refractivity contribution in [3.05, 3.63) is 52.8 Å². The zero-order valence-electron chi connectivity index (χ0n) is 11.0. The standard InChI is InChI=1S/C14H10ClFN2O3S/c15-10-5-12(20)13(6-11(10)19)22-14(21)18-17-7-8-1-3-9(16)4-2-8/h1-7,19-20H,(H,18,21)/b17-7+. The van der Waals surface area contributed by atoms with E-state index in [1.165, 1.54) is 36.5 Å². The summed E-state index contributed by atoms with van der Waals surface area (Å²) in [7, 11) is 0. The van der Waals surface area contributed by atoms with Crippen LogP contribution in [-0.4, -0.2) is 21.7 Å². The zero-order valence-corrected chi connectivity index (χ0v) is 12.5. The maximum Gasteiger partial charge on any atom is 0.304 e. The molecule has 0 saturated heterocycles. The number of hydrogen-bond acceptors (Lipinski definition) is 5. The molecule has 3 N–H and O–H groups in total. The van der Waals surface area contributed by atoms with Gasteiger partial charge < -0.3 is 10.2 Å². The van der Waals surface area contributed by atoms with Crippen molar-refractivity contribution in [3.63, 3.8) is 0 Å². The van der Waals surface area contributed by atoms with E-state index in [1.807, 2.05) is 0 Å². The summed E-state index contributed by atoms with van der Waals surface area (Å²) in [4.78, 5) is 11.8. The zero-order chi connectivity index (χ0) is 16.1. The molecule has 114 valence electrons. The second kappa shape index (κ2) is 7.15. The van der Waals surface area contributed by atoms with Crippen LogP contribution in [0.1, 0.15) is 5.56 Å². The predicted octanol–water partition coefficient (Wildman–Crippen LogP) is 3.73. The van der Waals surface area contributed by atoms with Gasteiger partial charge in [0.25, 0.3) is 0 Å². The van der Waals surface area contributed by atoms with Crippen LogP contribution in [0.3, 0.4) is 0 Å². The highest BCUT2D eigenvalue weighted by atomic mass is 35.5. The maximum atomic E-state index is 12.7. The third kappa shape index (κ3) is 4.37. The van der Waals surface area contributed by atoms with Crippen molar-refractivity contribution in [3.8, 4) is 11.5 Å². The van der Waals surface area contributed by atoms with Gasteiger partial charge in [0, 0.05) is 6.07 Å². The second-order valence-corrected chi connectivity index (χ2v) is 5.50. The molecule has 2 rings (SSSR count). The maximum absolute atomic E-state index is 12.7. The summed E-state index contributed by atoms with van der Waals surface area (Å²) in [6.07, 6.45) is 1.34. The molecule has 2 aromatic rings. The number of nitrogens with zero attached hydrogens (tertiary/aromatic N) is 1. The number of phenols is 2. The van der Waals surface area contributed by atoms with Gasteiger partial charge in [0.1, 0.15) is 17.3 Å². The number of benzene rings is 2. The fraction of sp³-hybridized carbons (Fsp3) is 0. The summed E-state index contributed by atoms with van der Waals surface area (Å²) >= 11 is 6.25. The molecule has 0 spiro atoms. The van der Waals surface area contributed by atoms with E-state index in [9.17, 15) is 19.4 Å². The molecule has 0 aromatic heterocycles. The molecule has 0 saturated carbocycles. The van der Waals surface area contributed by atoms with Gasteiger partial charge in [0.05, 0.1) is 16.1 Å². The van der Waals surface area contributed by atoms with E-state index >= 15 is 0 Å². The lowest BCUT2D eigenvalue weighted by Crippen LogP contribution is -2.11. The highest BCUT2D eigenvalue weighted by Gasteiger charge is 2.11. The molecule has 8 heteroatoms. The number of nitrogens with one attached hydrogen (secondary N) is 1. The van der Waals surface area contributed by atoms with Gasteiger partial charge in [0.2, 0.25) is 0 Å². The monoisotopic (exact) mass is 340 g/mol. The molecule has 0 fully saturated rings. The first-order valence-electron chi connectivity index (χ1n) is 5.93. The first-order chi connectivity index (χ1) is 10.5. The number of hydrogen-bond donors (Lipinski definition) is 3. The third-order valence-electron chi connectivity index (χ3n) is 2.47. The lowest BCUT2D eigenvalue weighted by Gasteiger charge is -2.05. The molecule has 0 radical (unpaired) electrons. The van der Waals surface area contributed by atoms with Crippen LogP contribution in [0.15, 0.2) is 46.4 Å². The Balaban J connectivity index is 1.96. The molecule has 0 bridgehead atoms. The van der Waals surface area contributed by atoms with E-state index in [1.54, 1.807) is 0 Å². The molecule has 0 aliphatic heterocycles. The SMILES string of the molecule is O=C(N/N=C/c1ccc(F)cc1)Sc1cc(O)c(Cl)cc1O. The Bertz CT molecular complexity index is 723. The van der Waals surface area contributed by atoms with Crippen molar-refractivity contribution >= 4 is 34.8 Å². The molecule has 0 aliphatic rings. The van der Waals surface area contributed by atoms with E-state index < -0.39 is 5.24 Å². The van der Waals surface area contributed by atoms with Crippen LogP contribution in [0.2, 0.25) is 5.02 Å². The van der Waals surface area contributed by atoms with E-state index in [2.05, 4.69) is 10.5 Å². The molecular weight excluding hydrogens is 331 g/mol. The average molecular weight is 341 g/mol. The lowest BCUT2D eigenvalue weighted by atomic mass is 10.2. The molecular formula is C14H10ClFN2O3S. The van der Waals surface area contributed by atoms with Gasteiger partial charge in [-0.3, -0.25) is 4.79 Å². The minimum Gasteiger partial charge on any atom is -0.507 e. The average Bonchev–Trinajstić information content (AvgIpc) is 2.47. The number of carbonyl (C=O) groups excluding carboxylic acids is 1. The summed E-state index contributed by atoms with van der Waals surface area (Å²) in [5.74, 6) is -0.843. The van der Waals surface area contributed by atoms with Gasteiger partial charge >= 0.3 is 5.24 Å². The Morgan fingerprint density at radius 1 is 1.23 bits per heavy atom. The van der Waals surface area contributed by atoms with E-state index in [0.29, 0.717) is 17.3 Å². The number of phenolic OH excluding ortho intramolecular Hbond substituents is 2. The number of amides is 1. The van der Waals surface area contributed by atoms with Crippen LogP contribution in [0.5, 0.6) is 11.5 Å². The highest BCUT2D eigenvalue weighted by Crippen LogP contribution is 2.36. The van der Waals surface area contributed by atoms with Gasteiger partial charge in [-0.15, -0.1) is 0 Å². The van der Waals surface area contributed by atoms with Gasteiger partial charge in [-0.05, 0) is 35.5 Å². The van der Waals surface area contributed by atoms with Gasteiger partial charge in [-0.1, -0.05) is 23.7 Å². The molecule has 0 unspecified atom stereocenters. The van der Waals surface area contributed by atoms with Crippen molar-refractivity contribution < 1.29 is 19.4 Å². The van der Waals surface area contributed by atoms with Crippen molar-refractivity contribution in [2.45, 2.75) is 4.90 Å². The molecule has 0 heterocycles. The Hall–Kier alpha value is -2.25. The number of rotatable bonds is 3. The van der Waals surface area contributed by atoms with Crippen molar-refractivity contribution in [1.82, 2.24) is 5.43 Å². The molecule has 0 atom stereocenters. The van der Waals surface area contributed by atoms with Crippen LogP contribution >= 0.6 is 23.4 Å². The Morgan fingerprint density at radius 3 is 2.59 bits per heavy atom. The summed E-state index contributed by atoms with van der Waals surface area (Å²) in [5.41, 5.74) is 2.84. The fourth-order valence-corrected chi connectivity index (χ4v) is 2.24. The summed E-state index contributed by atoms with van der Waals surface area (Å²) in [6, 6.07) is 7.85. The van der Waals surface area contributed by atoms with Gasteiger partial charge in [-0.2, -0.15) is 5.10 Å². The number of aromatic hydroxyl groups is 2. The summed E-state index contributed by atoms with van der Waals surface area (Å²) < 4.78 is 12.7. The highest BCUT2D eigenvalue weighted by molar-refractivity contribution is 8.13. The first-order valence-corrected chi connectivity index (χ1v) is 7.13. The van der Waals surface area contributed by atoms with E-state index in [0.717, 1.165) is 6.07 Å². The summed E-state index contributed by atoms with van der Waals surface area (Å²) in [5, 5.41) is 22.2. The molecule has 22 heavy (non-hydrogen) atoms. The lowest BCUT2D eigenvalue weighted by molar-refractivity contribution is 0.261. The van der Waals surface area contributed by atoms with Gasteiger partial charge in [-0.25, -0.2) is 9.82 Å². The smallest absolute Gasteiger partial charge is 0.304 e. The number of halogens is 2. The topological polar surface area (TPSA) is 81.9 Å². The van der Waals surface area contributed by atoms with Crippen LogP contribution < -0.4 is 5.43 Å². The van der Waals surface area contributed by atoms with Crippen LogP contribution in [0, 0.1) is 5.82 Å². The minimum atomic E-state index is -0.574. The first kappa shape index (κ1) is 16.1. The Morgan fingerprint density at radius 2 is 1.91 bits per heavy atom. The van der Waals surface area contributed by atoms with Crippen molar-refractivity contribution in [2.75, 3.05) is 0 Å². The Labute approximate surface area is 134 Å². The third-order valence-corrected chi connectivity index (χ3v) is 3.60. The van der Waals surface area contributed by atoms with Crippen molar-refractivity contribution in [2.24, 2.45) is 5.10 Å². The molecule has 5 nitrogen and oxygen atoms in total. The van der Waals surface area contributed by atoms with E-state index in [4.69, 9.17) is 11.6 Å². The minimum absolute atomic E-state index is 0.0170. The van der Waals surface area contributed by atoms with Crippen LogP contribution in [-0.2, 0) is 0 Å². The molecule has 2 aromatic carbocycles. The van der Waals surface area contributed by atoms with E-state index in [-0.39, 0.29) is 27.2 Å². The fourth-order valence-electron chi connectivity index (χ4n) is 1.44. The molecule has 0 aliphatic carbocycles. The number of carbonyl (C=O) groups is 1. The number of hydrazone groups is 1. The second-order valence-electron chi connectivity index (χ2n) is 4.08. The Kier molecular flexibility index (Phi) is 5.24. The van der Waals surface area contributed by atoms with Gasteiger partial charge in [0.15, 0.2) is 0 Å². The molecule has 1 amide bonds. The van der Waals surface area contributed by atoms with Crippen molar-refractivity contribution in [1.29, 1.82) is 0 Å². The summed E-state index contributed by atoms with van der Waals surface area (Å²) in [6.45, 7) is 0. The number of thioether (sulfide) groups is 1. The van der Waals surface area contributed by atoms with Crippen LogP contribution in [0.25, 0.3) is 0 Å². The quantitative estimate of drug-likeness (QED) is 0.344. The predicted molar refractivity (Wildman–Crippen MR) is 83.2 cm³/mol. The normalized spacial score (nSPS) is 10.8. The largest absolute Gasteiger partial charge is 0.507 e. The van der Waals surface area contributed by atoms with Crippen LogP contribution in [0.4, 0.5) is 9.18 Å².